The van der Waals surface area contributed by atoms with Gasteiger partial charge in [0, 0.05) is 51.5 Å². The topological polar surface area (TPSA) is 71.0 Å². The zero-order valence-corrected chi connectivity index (χ0v) is 19.8. The van der Waals surface area contributed by atoms with Crippen molar-refractivity contribution in [3.63, 3.8) is 0 Å². The first-order chi connectivity index (χ1) is 15.4. The van der Waals surface area contributed by atoms with Crippen molar-refractivity contribution in [1.29, 1.82) is 0 Å². The normalized spacial score (nSPS) is 25.4. The number of hydrogen-bond donors (Lipinski definition) is 1. The van der Waals surface area contributed by atoms with Gasteiger partial charge in [-0.3, -0.25) is 4.90 Å². The Morgan fingerprint density at radius 2 is 1.88 bits per heavy atom. The predicted octanol–water partition coefficient (Wildman–Crippen LogP) is 3.46. The molecule has 2 fully saturated rings. The van der Waals surface area contributed by atoms with Crippen LogP contribution in [-0.2, 0) is 12.1 Å². The highest BCUT2D eigenvalue weighted by Gasteiger charge is 2.51. The van der Waals surface area contributed by atoms with Gasteiger partial charge >= 0.3 is 6.01 Å². The summed E-state index contributed by atoms with van der Waals surface area (Å²) in [4.78, 5) is 13.4. The summed E-state index contributed by atoms with van der Waals surface area (Å²) < 4.78 is 11.3. The molecule has 2 aromatic rings. The molecule has 0 bridgehead atoms. The van der Waals surface area contributed by atoms with Crippen LogP contribution in [0.25, 0.3) is 0 Å². The van der Waals surface area contributed by atoms with Crippen LogP contribution in [0.15, 0.2) is 30.5 Å². The van der Waals surface area contributed by atoms with E-state index in [1.165, 1.54) is 11.3 Å². The van der Waals surface area contributed by atoms with E-state index in [2.05, 4.69) is 58.1 Å². The van der Waals surface area contributed by atoms with E-state index in [0.717, 1.165) is 32.5 Å². The molecule has 174 valence electrons. The number of fused-ring (bicyclic) bond motifs is 1. The Hall–Kier alpha value is -2.38. The molecule has 1 aliphatic heterocycles. The average Bonchev–Trinajstić information content (AvgIpc) is 3.19. The fourth-order valence-electron chi connectivity index (χ4n) is 5.33. The fourth-order valence-corrected chi connectivity index (χ4v) is 5.33. The SMILES string of the molecule is CCOc1ncc([C@@]2(O)CCC[C@H]3CN(Cc4ccc(N(C)C)cc4)C[C@@H]32)c(OCC)n1. The number of hydrogen-bond acceptors (Lipinski definition) is 7. The smallest absolute Gasteiger partial charge is 0.319 e. The zero-order chi connectivity index (χ0) is 22.7. The first-order valence-electron chi connectivity index (χ1n) is 11.8. The quantitative estimate of drug-likeness (QED) is 0.674. The zero-order valence-electron chi connectivity index (χ0n) is 19.8. The second-order valence-electron chi connectivity index (χ2n) is 9.18. The van der Waals surface area contributed by atoms with Gasteiger partial charge in [-0.25, -0.2) is 4.98 Å². The Bertz CT molecular complexity index is 905. The standard InChI is InChI=1S/C25H36N4O3/c1-5-31-23-21(14-26-24(27-23)32-6-2)25(30)13-7-8-19-16-29(17-22(19)25)15-18-9-11-20(12-10-18)28(3)4/h9-12,14,19,22,30H,5-8,13,15-17H2,1-4H3/t19-,22-,25-/m0/s1. The third kappa shape index (κ3) is 4.55. The molecular formula is C25H36N4O3. The number of benzene rings is 1. The van der Waals surface area contributed by atoms with Crippen LogP contribution in [0.2, 0.25) is 0 Å². The van der Waals surface area contributed by atoms with Crippen molar-refractivity contribution in [2.45, 2.75) is 45.3 Å². The Labute approximate surface area is 191 Å². The first kappa shape index (κ1) is 22.8. The predicted molar refractivity (Wildman–Crippen MR) is 125 cm³/mol. The number of aliphatic hydroxyl groups is 1. The van der Waals surface area contributed by atoms with Crippen molar-refractivity contribution in [3.8, 4) is 11.9 Å². The number of likely N-dealkylation sites (tertiary alicyclic amines) is 1. The van der Waals surface area contributed by atoms with Crippen molar-refractivity contribution in [3.05, 3.63) is 41.6 Å². The summed E-state index contributed by atoms with van der Waals surface area (Å²) in [6, 6.07) is 9.04. The maximum Gasteiger partial charge on any atom is 0.319 e. The highest BCUT2D eigenvalue weighted by molar-refractivity contribution is 5.46. The van der Waals surface area contributed by atoms with Crippen LogP contribution in [0.1, 0.15) is 44.2 Å². The van der Waals surface area contributed by atoms with Gasteiger partial charge in [-0.05, 0) is 56.7 Å². The lowest BCUT2D eigenvalue weighted by Gasteiger charge is -2.41. The Morgan fingerprint density at radius 3 is 2.56 bits per heavy atom. The van der Waals surface area contributed by atoms with E-state index in [-0.39, 0.29) is 5.92 Å². The molecule has 4 rings (SSSR count). The summed E-state index contributed by atoms with van der Waals surface area (Å²) in [5.74, 6) is 1.04. The van der Waals surface area contributed by atoms with E-state index in [0.29, 0.717) is 43.0 Å². The Balaban J connectivity index is 1.55. The molecule has 7 nitrogen and oxygen atoms in total. The van der Waals surface area contributed by atoms with Crippen LogP contribution < -0.4 is 14.4 Å². The summed E-state index contributed by atoms with van der Waals surface area (Å²) in [6.07, 6.45) is 4.55. The number of nitrogens with zero attached hydrogens (tertiary/aromatic N) is 4. The first-order valence-corrected chi connectivity index (χ1v) is 11.8. The number of ether oxygens (including phenoxy) is 2. The van der Waals surface area contributed by atoms with Gasteiger partial charge in [-0.1, -0.05) is 12.1 Å². The third-order valence-corrected chi connectivity index (χ3v) is 6.87. The van der Waals surface area contributed by atoms with Gasteiger partial charge in [0.2, 0.25) is 5.88 Å². The van der Waals surface area contributed by atoms with Crippen molar-refractivity contribution in [2.24, 2.45) is 11.8 Å². The van der Waals surface area contributed by atoms with Gasteiger partial charge in [-0.2, -0.15) is 4.98 Å². The summed E-state index contributed by atoms with van der Waals surface area (Å²) in [5.41, 5.74) is 2.23. The molecule has 1 saturated carbocycles. The lowest BCUT2D eigenvalue weighted by Crippen LogP contribution is -2.43. The van der Waals surface area contributed by atoms with Crippen LogP contribution in [0.5, 0.6) is 11.9 Å². The molecule has 1 saturated heterocycles. The molecule has 1 N–H and O–H groups in total. The summed E-state index contributed by atoms with van der Waals surface area (Å²) in [7, 11) is 4.12. The molecule has 2 aliphatic rings. The van der Waals surface area contributed by atoms with Gasteiger partial charge in [0.15, 0.2) is 0 Å². The number of rotatable bonds is 8. The molecular weight excluding hydrogens is 404 g/mol. The molecule has 2 heterocycles. The van der Waals surface area contributed by atoms with Crippen molar-refractivity contribution in [2.75, 3.05) is 45.3 Å². The van der Waals surface area contributed by atoms with Crippen molar-refractivity contribution in [1.82, 2.24) is 14.9 Å². The Kier molecular flexibility index (Phi) is 6.86. The summed E-state index contributed by atoms with van der Waals surface area (Å²) >= 11 is 0. The summed E-state index contributed by atoms with van der Waals surface area (Å²) in [5, 5.41) is 12.0. The highest BCUT2D eigenvalue weighted by atomic mass is 16.5. The molecule has 3 atom stereocenters. The molecule has 32 heavy (non-hydrogen) atoms. The van der Waals surface area contributed by atoms with Gasteiger partial charge in [0.05, 0.1) is 18.8 Å². The van der Waals surface area contributed by atoms with Crippen LogP contribution in [0.4, 0.5) is 5.69 Å². The Morgan fingerprint density at radius 1 is 1.12 bits per heavy atom. The molecule has 0 amide bonds. The molecule has 0 unspecified atom stereocenters. The van der Waals surface area contributed by atoms with E-state index < -0.39 is 5.60 Å². The van der Waals surface area contributed by atoms with Crippen molar-refractivity contribution >= 4 is 5.69 Å². The van der Waals surface area contributed by atoms with Crippen LogP contribution in [-0.4, -0.2) is 60.4 Å². The molecule has 1 aliphatic carbocycles. The maximum absolute atomic E-state index is 12.0. The van der Waals surface area contributed by atoms with E-state index in [9.17, 15) is 5.11 Å². The van der Waals surface area contributed by atoms with Crippen LogP contribution in [0.3, 0.4) is 0 Å². The highest BCUT2D eigenvalue weighted by Crippen LogP contribution is 2.50. The van der Waals surface area contributed by atoms with E-state index in [1.807, 2.05) is 13.8 Å². The minimum Gasteiger partial charge on any atom is -0.478 e. The van der Waals surface area contributed by atoms with Crippen LogP contribution in [0, 0.1) is 11.8 Å². The van der Waals surface area contributed by atoms with Gasteiger partial charge in [0.25, 0.3) is 0 Å². The average molecular weight is 441 g/mol. The minimum atomic E-state index is -0.984. The van der Waals surface area contributed by atoms with Crippen LogP contribution >= 0.6 is 0 Å². The lowest BCUT2D eigenvalue weighted by molar-refractivity contribution is -0.0672. The molecule has 7 heteroatoms. The van der Waals surface area contributed by atoms with E-state index >= 15 is 0 Å². The van der Waals surface area contributed by atoms with Crippen molar-refractivity contribution < 1.29 is 14.6 Å². The maximum atomic E-state index is 12.0. The monoisotopic (exact) mass is 440 g/mol. The second kappa shape index (κ2) is 9.63. The second-order valence-corrected chi connectivity index (χ2v) is 9.18. The number of aromatic nitrogens is 2. The minimum absolute atomic E-state index is 0.137. The van der Waals surface area contributed by atoms with E-state index in [4.69, 9.17) is 9.47 Å². The summed E-state index contributed by atoms with van der Waals surface area (Å²) in [6.45, 7) is 7.56. The molecule has 1 aromatic heterocycles. The van der Waals surface area contributed by atoms with E-state index in [1.54, 1.807) is 6.20 Å². The van der Waals surface area contributed by atoms with Gasteiger partial charge in [-0.15, -0.1) is 0 Å². The lowest BCUT2D eigenvalue weighted by atomic mass is 9.68. The number of anilines is 1. The molecule has 0 spiro atoms. The largest absolute Gasteiger partial charge is 0.478 e. The molecule has 0 radical (unpaired) electrons. The fraction of sp³-hybridized carbons (Fsp3) is 0.600. The third-order valence-electron chi connectivity index (χ3n) is 6.87. The molecule has 1 aromatic carbocycles. The van der Waals surface area contributed by atoms with Gasteiger partial charge < -0.3 is 19.5 Å². The van der Waals surface area contributed by atoms with Gasteiger partial charge in [0.1, 0.15) is 5.60 Å².